The number of ether oxygens (including phenoxy) is 2. The average Bonchev–Trinajstić information content (AvgIpc) is 2.29. The highest BCUT2D eigenvalue weighted by Crippen LogP contribution is 2.33. The fraction of sp³-hybridized carbons (Fsp3) is 0.222. The number of rotatable bonds is 2. The quantitative estimate of drug-likeness (QED) is 0.803. The normalized spacial score (nSPS) is 10.6. The van der Waals surface area contributed by atoms with E-state index in [1.165, 1.54) is 6.07 Å². The number of halogens is 3. The van der Waals surface area contributed by atoms with E-state index in [1.807, 2.05) is 0 Å². The van der Waals surface area contributed by atoms with Crippen LogP contribution in [0.15, 0.2) is 6.20 Å². The van der Waals surface area contributed by atoms with Gasteiger partial charge in [-0.2, -0.15) is 5.26 Å². The predicted molar refractivity (Wildman–Crippen MR) is 51.4 cm³/mol. The van der Waals surface area contributed by atoms with Gasteiger partial charge in [0, 0.05) is 6.20 Å². The van der Waals surface area contributed by atoms with Gasteiger partial charge in [-0.3, -0.25) is 0 Å². The van der Waals surface area contributed by atoms with Crippen LogP contribution >= 0.6 is 0 Å². The van der Waals surface area contributed by atoms with Crippen molar-refractivity contribution in [1.82, 2.24) is 4.98 Å². The first-order chi connectivity index (χ1) is 8.30. The van der Waals surface area contributed by atoms with E-state index in [9.17, 15) is 18.0 Å². The van der Waals surface area contributed by atoms with Gasteiger partial charge in [0.05, 0.1) is 7.11 Å². The Balaban J connectivity index is 3.37. The number of anilines is 1. The molecular weight excluding hydrogens is 255 g/mol. The molecule has 18 heavy (non-hydrogen) atoms. The molecule has 0 amide bonds. The van der Waals surface area contributed by atoms with Crippen molar-refractivity contribution in [3.05, 3.63) is 17.5 Å². The van der Waals surface area contributed by atoms with Crippen molar-refractivity contribution in [2.75, 3.05) is 12.8 Å². The number of aromatic nitrogens is 1. The van der Waals surface area contributed by atoms with E-state index >= 15 is 0 Å². The van der Waals surface area contributed by atoms with Crippen LogP contribution in [-0.2, 0) is 4.74 Å². The molecule has 0 aromatic carbocycles. The number of hydrogen-bond acceptors (Lipinski definition) is 6. The van der Waals surface area contributed by atoms with Gasteiger partial charge in [0.1, 0.15) is 17.3 Å². The number of nitrogens with two attached hydrogens (primary N) is 1. The highest BCUT2D eigenvalue weighted by atomic mass is 19.4. The standard InChI is InChI=1S/C9H6F3N3O3/c1-17-8(16)6-5(14)7(18-9(10,11)12)4(2-13)3-15-6/h3H,14H2,1H3. The Kier molecular flexibility index (Phi) is 3.61. The van der Waals surface area contributed by atoms with Gasteiger partial charge < -0.3 is 15.2 Å². The molecule has 0 fully saturated rings. The van der Waals surface area contributed by atoms with Crippen molar-refractivity contribution in [2.45, 2.75) is 6.36 Å². The molecule has 0 saturated carbocycles. The van der Waals surface area contributed by atoms with Gasteiger partial charge in [0.15, 0.2) is 11.4 Å². The molecule has 96 valence electrons. The van der Waals surface area contributed by atoms with E-state index in [4.69, 9.17) is 11.0 Å². The van der Waals surface area contributed by atoms with Crippen molar-refractivity contribution < 1.29 is 27.4 Å². The summed E-state index contributed by atoms with van der Waals surface area (Å²) in [7, 11) is 1.01. The Morgan fingerprint density at radius 3 is 2.61 bits per heavy atom. The SMILES string of the molecule is COC(=O)c1ncc(C#N)c(OC(F)(F)F)c1N. The van der Waals surface area contributed by atoms with E-state index in [1.54, 1.807) is 0 Å². The summed E-state index contributed by atoms with van der Waals surface area (Å²) in [5.74, 6) is -2.01. The van der Waals surface area contributed by atoms with Crippen LogP contribution in [0, 0.1) is 11.3 Å². The topological polar surface area (TPSA) is 98.2 Å². The third kappa shape index (κ3) is 2.79. The first-order valence-electron chi connectivity index (χ1n) is 4.32. The van der Waals surface area contributed by atoms with Crippen LogP contribution in [0.1, 0.15) is 16.1 Å². The molecule has 0 aliphatic heterocycles. The lowest BCUT2D eigenvalue weighted by atomic mass is 10.2. The predicted octanol–water partition coefficient (Wildman–Crippen LogP) is 1.22. The number of methoxy groups -OCH3 is 1. The number of carbonyl (C=O) groups is 1. The van der Waals surface area contributed by atoms with E-state index < -0.39 is 35.0 Å². The number of pyridine rings is 1. The number of nitrogen functional groups attached to an aromatic ring is 1. The van der Waals surface area contributed by atoms with Crippen LogP contribution in [0.3, 0.4) is 0 Å². The van der Waals surface area contributed by atoms with Gasteiger partial charge in [-0.05, 0) is 0 Å². The smallest absolute Gasteiger partial charge is 0.464 e. The van der Waals surface area contributed by atoms with Crippen molar-refractivity contribution >= 4 is 11.7 Å². The van der Waals surface area contributed by atoms with Gasteiger partial charge in [-0.1, -0.05) is 0 Å². The largest absolute Gasteiger partial charge is 0.573 e. The molecule has 1 rings (SSSR count). The molecule has 0 aliphatic rings. The highest BCUT2D eigenvalue weighted by molar-refractivity contribution is 5.94. The molecule has 9 heteroatoms. The summed E-state index contributed by atoms with van der Waals surface area (Å²) in [5, 5.41) is 8.62. The first-order valence-corrected chi connectivity index (χ1v) is 4.32. The Hall–Kier alpha value is -2.50. The molecule has 1 heterocycles. The zero-order valence-electron chi connectivity index (χ0n) is 8.91. The van der Waals surface area contributed by atoms with Crippen LogP contribution in [0.4, 0.5) is 18.9 Å². The molecule has 0 spiro atoms. The number of carbonyl (C=O) groups excluding carboxylic acids is 1. The molecule has 1 aromatic rings. The zero-order valence-corrected chi connectivity index (χ0v) is 8.91. The lowest BCUT2D eigenvalue weighted by Crippen LogP contribution is -2.20. The molecule has 0 unspecified atom stereocenters. The second-order valence-electron chi connectivity index (χ2n) is 2.91. The molecule has 0 bridgehead atoms. The van der Waals surface area contributed by atoms with Gasteiger partial charge in [0.2, 0.25) is 0 Å². The third-order valence-corrected chi connectivity index (χ3v) is 1.78. The van der Waals surface area contributed by atoms with Crippen LogP contribution in [0.2, 0.25) is 0 Å². The lowest BCUT2D eigenvalue weighted by Gasteiger charge is -2.13. The molecule has 2 N–H and O–H groups in total. The summed E-state index contributed by atoms with van der Waals surface area (Å²) in [4.78, 5) is 14.6. The second-order valence-corrected chi connectivity index (χ2v) is 2.91. The summed E-state index contributed by atoms with van der Waals surface area (Å²) in [6.45, 7) is 0. The van der Waals surface area contributed by atoms with Gasteiger partial charge >= 0.3 is 12.3 Å². The van der Waals surface area contributed by atoms with Crippen molar-refractivity contribution in [2.24, 2.45) is 0 Å². The van der Waals surface area contributed by atoms with Crippen LogP contribution in [0.5, 0.6) is 5.75 Å². The second kappa shape index (κ2) is 4.79. The van der Waals surface area contributed by atoms with Crippen molar-refractivity contribution in [3.8, 4) is 11.8 Å². The third-order valence-electron chi connectivity index (χ3n) is 1.78. The summed E-state index contributed by atoms with van der Waals surface area (Å²) < 4.78 is 44.3. The van der Waals surface area contributed by atoms with Crippen LogP contribution in [0.25, 0.3) is 0 Å². The van der Waals surface area contributed by atoms with E-state index in [0.717, 1.165) is 13.3 Å². The number of hydrogen-bond donors (Lipinski definition) is 1. The van der Waals surface area contributed by atoms with Gasteiger partial charge in [0.25, 0.3) is 0 Å². The van der Waals surface area contributed by atoms with Gasteiger partial charge in [-0.25, -0.2) is 9.78 Å². The monoisotopic (exact) mass is 261 g/mol. The maximum atomic E-state index is 12.1. The first kappa shape index (κ1) is 13.6. The zero-order chi connectivity index (χ0) is 13.9. The van der Waals surface area contributed by atoms with Gasteiger partial charge in [-0.15, -0.1) is 13.2 Å². The van der Waals surface area contributed by atoms with E-state index in [0.29, 0.717) is 0 Å². The Morgan fingerprint density at radius 2 is 2.17 bits per heavy atom. The minimum atomic E-state index is -5.05. The molecule has 0 aliphatic carbocycles. The summed E-state index contributed by atoms with van der Waals surface area (Å²) >= 11 is 0. The number of esters is 1. The molecule has 0 radical (unpaired) electrons. The number of alkyl halides is 3. The summed E-state index contributed by atoms with van der Waals surface area (Å²) in [6.07, 6.45) is -4.31. The molecule has 1 aromatic heterocycles. The van der Waals surface area contributed by atoms with E-state index in [2.05, 4.69) is 14.5 Å². The summed E-state index contributed by atoms with van der Waals surface area (Å²) in [6, 6.07) is 1.42. The highest BCUT2D eigenvalue weighted by Gasteiger charge is 2.34. The fourth-order valence-corrected chi connectivity index (χ4v) is 1.07. The molecular formula is C9H6F3N3O3. The molecule has 0 atom stereocenters. The minimum Gasteiger partial charge on any atom is -0.464 e. The number of nitriles is 1. The maximum absolute atomic E-state index is 12.1. The Morgan fingerprint density at radius 1 is 1.56 bits per heavy atom. The van der Waals surface area contributed by atoms with Crippen LogP contribution in [-0.4, -0.2) is 24.4 Å². The van der Waals surface area contributed by atoms with Crippen LogP contribution < -0.4 is 10.5 Å². The van der Waals surface area contributed by atoms with E-state index in [-0.39, 0.29) is 0 Å². The number of nitrogens with zero attached hydrogens (tertiary/aromatic N) is 2. The fourth-order valence-electron chi connectivity index (χ4n) is 1.07. The summed E-state index contributed by atoms with van der Waals surface area (Å²) in [5.41, 5.74) is 3.49. The Bertz CT molecular complexity index is 522. The molecule has 0 saturated heterocycles. The maximum Gasteiger partial charge on any atom is 0.573 e. The average molecular weight is 261 g/mol. The van der Waals surface area contributed by atoms with Crippen molar-refractivity contribution in [3.63, 3.8) is 0 Å². The minimum absolute atomic E-state index is 0.544. The lowest BCUT2D eigenvalue weighted by molar-refractivity contribution is -0.274. The molecule has 6 nitrogen and oxygen atoms in total. The van der Waals surface area contributed by atoms with Crippen molar-refractivity contribution in [1.29, 1.82) is 5.26 Å². The Labute approximate surface area is 98.7 Å².